The molecule has 4 nitrogen and oxygen atoms in total. The van der Waals surface area contributed by atoms with Gasteiger partial charge in [-0.15, -0.1) is 0 Å². The molecule has 0 radical (unpaired) electrons. The monoisotopic (exact) mass is 262 g/mol. The first-order chi connectivity index (χ1) is 8.11. The van der Waals surface area contributed by atoms with Gasteiger partial charge in [-0.25, -0.2) is 4.79 Å². The molecule has 5 heteroatoms. The molecule has 0 saturated carbocycles. The number of thioether (sulfide) groups is 1. The molecule has 0 aliphatic heterocycles. The molecule has 0 bridgehead atoms. The molecule has 0 rings (SSSR count). The second-order valence-electron chi connectivity index (χ2n) is 3.81. The minimum Gasteiger partial charge on any atom is -0.464 e. The number of esters is 1. The Morgan fingerprint density at radius 1 is 1.24 bits per heavy atom. The van der Waals surface area contributed by atoms with Crippen molar-refractivity contribution in [3.63, 3.8) is 0 Å². The predicted molar refractivity (Wildman–Crippen MR) is 68.9 cm³/mol. The topological polar surface area (TPSA) is 63.6 Å². The maximum Gasteiger partial charge on any atom is 0.335 e. The normalized spacial score (nSPS) is 12.2. The Morgan fingerprint density at radius 3 is 2.47 bits per heavy atom. The van der Waals surface area contributed by atoms with E-state index in [9.17, 15) is 14.7 Å². The Labute approximate surface area is 107 Å². The third-order valence-corrected chi connectivity index (χ3v) is 3.12. The molecule has 0 saturated heterocycles. The summed E-state index contributed by atoms with van der Waals surface area (Å²) in [5.74, 6) is 0.0512. The number of ether oxygens (including phenoxy) is 1. The zero-order chi connectivity index (χ0) is 13.1. The summed E-state index contributed by atoms with van der Waals surface area (Å²) in [6.45, 7) is 4.34. The fourth-order valence-corrected chi connectivity index (χ4v) is 1.98. The van der Waals surface area contributed by atoms with Gasteiger partial charge in [-0.3, -0.25) is 4.79 Å². The van der Waals surface area contributed by atoms with Crippen LogP contribution in [0.3, 0.4) is 0 Å². The van der Waals surface area contributed by atoms with Crippen molar-refractivity contribution in [1.82, 2.24) is 0 Å². The smallest absolute Gasteiger partial charge is 0.335 e. The predicted octanol–water partition coefficient (Wildman–Crippen LogP) is 2.14. The van der Waals surface area contributed by atoms with Gasteiger partial charge in [0.25, 0.3) is 0 Å². The highest BCUT2D eigenvalue weighted by atomic mass is 32.2. The first kappa shape index (κ1) is 16.4. The maximum atomic E-state index is 11.4. The maximum absolute atomic E-state index is 11.4. The summed E-state index contributed by atoms with van der Waals surface area (Å²) in [6.07, 6.45) is 2.23. The van der Waals surface area contributed by atoms with Gasteiger partial charge in [-0.1, -0.05) is 38.5 Å². The average Bonchev–Trinajstić information content (AvgIpc) is 2.29. The summed E-state index contributed by atoms with van der Waals surface area (Å²) in [7, 11) is 0. The van der Waals surface area contributed by atoms with Gasteiger partial charge < -0.3 is 9.84 Å². The molecule has 0 aromatic rings. The van der Waals surface area contributed by atoms with Gasteiger partial charge in [-0.2, -0.15) is 0 Å². The first-order valence-corrected chi connectivity index (χ1v) is 7.10. The Kier molecular flexibility index (Phi) is 10.3. The van der Waals surface area contributed by atoms with Crippen LogP contribution < -0.4 is 0 Å². The van der Waals surface area contributed by atoms with E-state index in [0.717, 1.165) is 31.4 Å². The number of hydrogen-bond donors (Lipinski definition) is 1. The van der Waals surface area contributed by atoms with E-state index in [2.05, 4.69) is 0 Å². The van der Waals surface area contributed by atoms with Crippen LogP contribution in [0.4, 0.5) is 0 Å². The molecule has 0 heterocycles. The van der Waals surface area contributed by atoms with Crippen molar-refractivity contribution in [1.29, 1.82) is 0 Å². The number of aliphatic hydroxyl groups excluding tert-OH is 1. The SMILES string of the molecule is CCCCOC(=O)C(O)CC(=O)SCCCC. The summed E-state index contributed by atoms with van der Waals surface area (Å²) >= 11 is 1.17. The molecule has 1 atom stereocenters. The third-order valence-electron chi connectivity index (χ3n) is 2.14. The number of hydrogen-bond acceptors (Lipinski definition) is 5. The van der Waals surface area contributed by atoms with E-state index in [0.29, 0.717) is 6.61 Å². The van der Waals surface area contributed by atoms with Gasteiger partial charge in [-0.05, 0) is 12.8 Å². The number of unbranched alkanes of at least 4 members (excludes halogenated alkanes) is 2. The molecule has 0 aromatic heterocycles. The average molecular weight is 262 g/mol. The molecule has 0 aromatic carbocycles. The summed E-state index contributed by atoms with van der Waals surface area (Å²) in [4.78, 5) is 22.6. The minimum absolute atomic E-state index is 0.153. The van der Waals surface area contributed by atoms with Crippen LogP contribution in [0, 0.1) is 0 Å². The summed E-state index contributed by atoms with van der Waals surface area (Å²) < 4.78 is 4.82. The highest BCUT2D eigenvalue weighted by Crippen LogP contribution is 2.11. The molecule has 0 aliphatic carbocycles. The number of carbonyl (C=O) groups is 2. The molecule has 0 amide bonds. The van der Waals surface area contributed by atoms with Crippen LogP contribution >= 0.6 is 11.8 Å². The molecule has 100 valence electrons. The van der Waals surface area contributed by atoms with Crippen LogP contribution in [0.25, 0.3) is 0 Å². The molecule has 1 N–H and O–H groups in total. The van der Waals surface area contributed by atoms with Crippen LogP contribution in [-0.4, -0.2) is 34.7 Å². The lowest BCUT2D eigenvalue weighted by atomic mass is 10.3. The van der Waals surface area contributed by atoms with Gasteiger partial charge in [0.15, 0.2) is 11.2 Å². The fraction of sp³-hybridized carbons (Fsp3) is 0.833. The van der Waals surface area contributed by atoms with E-state index in [4.69, 9.17) is 4.74 Å². The lowest BCUT2D eigenvalue weighted by Gasteiger charge is -2.09. The lowest BCUT2D eigenvalue weighted by molar-refractivity contribution is -0.154. The van der Waals surface area contributed by atoms with Crippen molar-refractivity contribution in [2.24, 2.45) is 0 Å². The lowest BCUT2D eigenvalue weighted by Crippen LogP contribution is -2.25. The zero-order valence-electron chi connectivity index (χ0n) is 10.6. The second kappa shape index (κ2) is 10.6. The van der Waals surface area contributed by atoms with E-state index in [1.54, 1.807) is 0 Å². The van der Waals surface area contributed by atoms with Gasteiger partial charge in [0, 0.05) is 5.75 Å². The van der Waals surface area contributed by atoms with E-state index < -0.39 is 12.1 Å². The van der Waals surface area contributed by atoms with Crippen LogP contribution in [0.15, 0.2) is 0 Å². The van der Waals surface area contributed by atoms with Crippen molar-refractivity contribution in [2.45, 2.75) is 52.1 Å². The van der Waals surface area contributed by atoms with E-state index in [1.165, 1.54) is 11.8 Å². The standard InChI is InChI=1S/C12H22O4S/c1-3-5-7-16-12(15)10(13)9-11(14)17-8-6-4-2/h10,13H,3-9H2,1-2H3. The van der Waals surface area contributed by atoms with Crippen molar-refractivity contribution >= 4 is 22.8 Å². The Morgan fingerprint density at radius 2 is 1.88 bits per heavy atom. The van der Waals surface area contributed by atoms with E-state index in [-0.39, 0.29) is 11.5 Å². The third kappa shape index (κ3) is 9.18. The molecule has 0 spiro atoms. The number of carbonyl (C=O) groups excluding carboxylic acids is 2. The Balaban J connectivity index is 3.71. The fourth-order valence-electron chi connectivity index (χ4n) is 1.04. The van der Waals surface area contributed by atoms with Crippen molar-refractivity contribution in [3.8, 4) is 0 Å². The molecular formula is C12H22O4S. The van der Waals surface area contributed by atoms with Crippen LogP contribution in [0.2, 0.25) is 0 Å². The molecule has 0 aliphatic rings. The van der Waals surface area contributed by atoms with Gasteiger partial charge in [0.05, 0.1) is 13.0 Å². The molecule has 0 fully saturated rings. The van der Waals surface area contributed by atoms with Gasteiger partial charge in [0.2, 0.25) is 0 Å². The summed E-state index contributed by atoms with van der Waals surface area (Å²) in [5, 5.41) is 9.28. The second-order valence-corrected chi connectivity index (χ2v) is 4.97. The van der Waals surface area contributed by atoms with Crippen LogP contribution in [-0.2, 0) is 14.3 Å². The van der Waals surface area contributed by atoms with Crippen LogP contribution in [0.5, 0.6) is 0 Å². The van der Waals surface area contributed by atoms with E-state index in [1.807, 2.05) is 13.8 Å². The Bertz CT molecular complexity index is 231. The van der Waals surface area contributed by atoms with Crippen molar-refractivity contribution in [3.05, 3.63) is 0 Å². The largest absolute Gasteiger partial charge is 0.464 e. The molecular weight excluding hydrogens is 240 g/mol. The number of rotatable bonds is 9. The highest BCUT2D eigenvalue weighted by molar-refractivity contribution is 8.13. The van der Waals surface area contributed by atoms with E-state index >= 15 is 0 Å². The van der Waals surface area contributed by atoms with Crippen molar-refractivity contribution < 1.29 is 19.4 Å². The first-order valence-electron chi connectivity index (χ1n) is 6.12. The molecule has 17 heavy (non-hydrogen) atoms. The highest BCUT2D eigenvalue weighted by Gasteiger charge is 2.20. The quantitative estimate of drug-likeness (QED) is 0.509. The zero-order valence-corrected chi connectivity index (χ0v) is 11.4. The van der Waals surface area contributed by atoms with Gasteiger partial charge in [0.1, 0.15) is 0 Å². The van der Waals surface area contributed by atoms with Crippen molar-refractivity contribution in [2.75, 3.05) is 12.4 Å². The Hall–Kier alpha value is -0.550. The minimum atomic E-state index is -1.31. The van der Waals surface area contributed by atoms with Gasteiger partial charge >= 0.3 is 5.97 Å². The summed E-state index contributed by atoms with van der Waals surface area (Å²) in [5.41, 5.74) is 0. The van der Waals surface area contributed by atoms with Crippen LogP contribution in [0.1, 0.15) is 46.0 Å². The summed E-state index contributed by atoms with van der Waals surface area (Å²) in [6, 6.07) is 0. The number of aliphatic hydroxyl groups is 1. The molecule has 1 unspecified atom stereocenters.